The van der Waals surface area contributed by atoms with Crippen molar-refractivity contribution in [3.05, 3.63) is 95.3 Å². The highest BCUT2D eigenvalue weighted by atomic mass is 16.2. The molecule has 0 spiro atoms. The minimum absolute atomic E-state index is 0.198. The number of anilines is 1. The third-order valence-electron chi connectivity index (χ3n) is 4.43. The van der Waals surface area contributed by atoms with Crippen LogP contribution in [0.4, 0.5) is 5.69 Å². The van der Waals surface area contributed by atoms with E-state index in [1.807, 2.05) is 43.3 Å². The smallest absolute Gasteiger partial charge is 0.257 e. The number of nitrogens with one attached hydrogen (secondary N) is 1. The van der Waals surface area contributed by atoms with Crippen molar-refractivity contribution in [2.24, 2.45) is 0 Å². The fraction of sp³-hybridized carbons (Fsp3) is 0.130. The molecule has 2 aromatic carbocycles. The molecule has 6 nitrogen and oxygen atoms in total. The number of amides is 2. The molecule has 0 unspecified atom stereocenters. The Balaban J connectivity index is 1.78. The highest BCUT2D eigenvalue weighted by Crippen LogP contribution is 2.16. The maximum absolute atomic E-state index is 12.9. The van der Waals surface area contributed by atoms with Gasteiger partial charge in [0.15, 0.2) is 0 Å². The standard InChI is InChI=1S/C23H20N4O2/c1-2-27(16-17-8-4-3-5-9-17)23(29)20-12-19(14-25-15-20)22(28)26-21-11-7-6-10-18(21)13-24/h3-12,14-15H,2,16H2,1H3,(H,26,28). The Morgan fingerprint density at radius 1 is 1.03 bits per heavy atom. The van der Waals surface area contributed by atoms with Gasteiger partial charge >= 0.3 is 0 Å². The van der Waals surface area contributed by atoms with Gasteiger partial charge in [0.1, 0.15) is 6.07 Å². The molecule has 0 aliphatic heterocycles. The van der Waals surface area contributed by atoms with Crippen LogP contribution in [0.25, 0.3) is 0 Å². The third-order valence-corrected chi connectivity index (χ3v) is 4.43. The monoisotopic (exact) mass is 384 g/mol. The molecular formula is C23H20N4O2. The van der Waals surface area contributed by atoms with Gasteiger partial charge in [-0.15, -0.1) is 0 Å². The summed E-state index contributed by atoms with van der Waals surface area (Å²) in [6.07, 6.45) is 2.85. The van der Waals surface area contributed by atoms with Gasteiger partial charge in [-0.1, -0.05) is 42.5 Å². The lowest BCUT2D eigenvalue weighted by Crippen LogP contribution is -2.30. The maximum Gasteiger partial charge on any atom is 0.257 e. The minimum Gasteiger partial charge on any atom is -0.335 e. The number of aromatic nitrogens is 1. The quantitative estimate of drug-likeness (QED) is 0.699. The Bertz CT molecular complexity index is 1060. The summed E-state index contributed by atoms with van der Waals surface area (Å²) in [4.78, 5) is 31.3. The Labute approximate surface area is 169 Å². The molecule has 0 radical (unpaired) electrons. The van der Waals surface area contributed by atoms with E-state index in [0.717, 1.165) is 5.56 Å². The van der Waals surface area contributed by atoms with Crippen molar-refractivity contribution >= 4 is 17.5 Å². The van der Waals surface area contributed by atoms with Crippen molar-refractivity contribution in [3.63, 3.8) is 0 Å². The Hall–Kier alpha value is -3.98. The van der Waals surface area contributed by atoms with Crippen molar-refractivity contribution in [3.8, 4) is 6.07 Å². The van der Waals surface area contributed by atoms with Crippen LogP contribution in [-0.2, 0) is 6.54 Å². The molecule has 0 fully saturated rings. The Kier molecular flexibility index (Phi) is 6.33. The van der Waals surface area contributed by atoms with Crippen LogP contribution in [-0.4, -0.2) is 28.2 Å². The van der Waals surface area contributed by atoms with E-state index in [4.69, 9.17) is 5.26 Å². The van der Waals surface area contributed by atoms with Crippen LogP contribution in [0.5, 0.6) is 0 Å². The van der Waals surface area contributed by atoms with Gasteiger partial charge in [-0.25, -0.2) is 0 Å². The molecule has 144 valence electrons. The first-order chi connectivity index (χ1) is 14.1. The van der Waals surface area contributed by atoms with Gasteiger partial charge in [-0.2, -0.15) is 5.26 Å². The molecule has 6 heteroatoms. The van der Waals surface area contributed by atoms with Crippen molar-refractivity contribution in [2.75, 3.05) is 11.9 Å². The fourth-order valence-corrected chi connectivity index (χ4v) is 2.88. The summed E-state index contributed by atoms with van der Waals surface area (Å²) < 4.78 is 0. The van der Waals surface area contributed by atoms with Crippen LogP contribution >= 0.6 is 0 Å². The number of hydrogen-bond acceptors (Lipinski definition) is 4. The number of benzene rings is 2. The van der Waals surface area contributed by atoms with Crippen molar-refractivity contribution in [1.82, 2.24) is 9.88 Å². The first-order valence-corrected chi connectivity index (χ1v) is 9.21. The number of pyridine rings is 1. The van der Waals surface area contributed by atoms with E-state index in [1.165, 1.54) is 18.5 Å². The normalized spacial score (nSPS) is 10.1. The lowest BCUT2D eigenvalue weighted by atomic mass is 10.1. The third kappa shape index (κ3) is 4.85. The summed E-state index contributed by atoms with van der Waals surface area (Å²) in [5.74, 6) is -0.628. The van der Waals surface area contributed by atoms with E-state index in [9.17, 15) is 9.59 Å². The predicted molar refractivity (Wildman–Crippen MR) is 110 cm³/mol. The molecule has 0 aliphatic rings. The van der Waals surface area contributed by atoms with Crippen LogP contribution in [0.1, 0.15) is 38.8 Å². The number of hydrogen-bond donors (Lipinski definition) is 1. The molecule has 0 bridgehead atoms. The number of nitriles is 1. The summed E-state index contributed by atoms with van der Waals surface area (Å²) in [7, 11) is 0. The molecular weight excluding hydrogens is 364 g/mol. The van der Waals surface area contributed by atoms with Crippen LogP contribution < -0.4 is 5.32 Å². The van der Waals surface area contributed by atoms with Gasteiger partial charge in [-0.05, 0) is 30.7 Å². The van der Waals surface area contributed by atoms with E-state index in [1.54, 1.807) is 29.2 Å². The molecule has 29 heavy (non-hydrogen) atoms. The lowest BCUT2D eigenvalue weighted by Gasteiger charge is -2.21. The second-order valence-corrected chi connectivity index (χ2v) is 6.38. The number of rotatable bonds is 6. The van der Waals surface area contributed by atoms with Crippen LogP contribution in [0.2, 0.25) is 0 Å². The van der Waals surface area contributed by atoms with Gasteiger partial charge in [0.2, 0.25) is 0 Å². The first kappa shape index (κ1) is 19.8. The predicted octanol–water partition coefficient (Wildman–Crippen LogP) is 3.87. The zero-order valence-corrected chi connectivity index (χ0v) is 16.0. The van der Waals surface area contributed by atoms with Crippen molar-refractivity contribution < 1.29 is 9.59 Å². The largest absolute Gasteiger partial charge is 0.335 e. The number of carbonyl (C=O) groups excluding carboxylic acids is 2. The molecule has 3 rings (SSSR count). The SMILES string of the molecule is CCN(Cc1ccccc1)C(=O)c1cncc(C(=O)Nc2ccccc2C#N)c1. The van der Waals surface area contributed by atoms with Crippen molar-refractivity contribution in [1.29, 1.82) is 5.26 Å². The number of carbonyl (C=O) groups is 2. The number of nitrogens with zero attached hydrogens (tertiary/aromatic N) is 3. The highest BCUT2D eigenvalue weighted by Gasteiger charge is 2.17. The zero-order chi connectivity index (χ0) is 20.6. The maximum atomic E-state index is 12.9. The summed E-state index contributed by atoms with van der Waals surface area (Å²) in [6.45, 7) is 2.91. The molecule has 1 N–H and O–H groups in total. The Morgan fingerprint density at radius 2 is 1.72 bits per heavy atom. The van der Waals surface area contributed by atoms with Gasteiger partial charge < -0.3 is 10.2 Å². The molecule has 1 heterocycles. The van der Waals surface area contributed by atoms with E-state index in [-0.39, 0.29) is 11.5 Å². The summed E-state index contributed by atoms with van der Waals surface area (Å²) in [5, 5.41) is 11.9. The summed E-state index contributed by atoms with van der Waals surface area (Å²) in [5.41, 5.74) is 2.39. The molecule has 0 saturated heterocycles. The zero-order valence-electron chi connectivity index (χ0n) is 16.0. The number of para-hydroxylation sites is 1. The molecule has 0 atom stereocenters. The fourth-order valence-electron chi connectivity index (χ4n) is 2.88. The van der Waals surface area contributed by atoms with Crippen LogP contribution in [0, 0.1) is 11.3 Å². The molecule has 3 aromatic rings. The van der Waals surface area contributed by atoms with Crippen LogP contribution in [0.3, 0.4) is 0 Å². The lowest BCUT2D eigenvalue weighted by molar-refractivity contribution is 0.0752. The first-order valence-electron chi connectivity index (χ1n) is 9.21. The molecule has 2 amide bonds. The summed E-state index contributed by atoms with van der Waals surface area (Å²) >= 11 is 0. The van der Waals surface area contributed by atoms with Gasteiger partial charge in [0, 0.05) is 25.5 Å². The highest BCUT2D eigenvalue weighted by molar-refractivity contribution is 6.06. The topological polar surface area (TPSA) is 86.1 Å². The van der Waals surface area contributed by atoms with Gasteiger partial charge in [0.05, 0.1) is 22.4 Å². The van der Waals surface area contributed by atoms with Crippen molar-refractivity contribution in [2.45, 2.75) is 13.5 Å². The van der Waals surface area contributed by atoms with E-state index >= 15 is 0 Å². The average Bonchev–Trinajstić information content (AvgIpc) is 2.78. The second-order valence-electron chi connectivity index (χ2n) is 6.38. The van der Waals surface area contributed by atoms with Crippen LogP contribution in [0.15, 0.2) is 73.1 Å². The summed E-state index contributed by atoms with van der Waals surface area (Å²) in [6, 6.07) is 20.0. The molecule has 1 aromatic heterocycles. The average molecular weight is 384 g/mol. The van der Waals surface area contributed by atoms with E-state index in [0.29, 0.717) is 29.9 Å². The van der Waals surface area contributed by atoms with E-state index < -0.39 is 5.91 Å². The van der Waals surface area contributed by atoms with Gasteiger partial charge in [0.25, 0.3) is 11.8 Å². The minimum atomic E-state index is -0.430. The second kappa shape index (κ2) is 9.29. The van der Waals surface area contributed by atoms with E-state index in [2.05, 4.69) is 10.3 Å². The Morgan fingerprint density at radius 3 is 2.45 bits per heavy atom. The molecule has 0 aliphatic carbocycles. The van der Waals surface area contributed by atoms with Gasteiger partial charge in [-0.3, -0.25) is 14.6 Å². The molecule has 0 saturated carbocycles.